The van der Waals surface area contributed by atoms with Gasteiger partial charge in [-0.3, -0.25) is 9.88 Å². The third-order valence-electron chi connectivity index (χ3n) is 4.33. The Bertz CT molecular complexity index is 1040. The van der Waals surface area contributed by atoms with Gasteiger partial charge in [-0.2, -0.15) is 0 Å². The van der Waals surface area contributed by atoms with Crippen LogP contribution < -0.4 is 0 Å². The Morgan fingerprint density at radius 2 is 1.93 bits per heavy atom. The minimum atomic E-state index is 0.637. The van der Waals surface area contributed by atoms with Crippen LogP contribution in [0.1, 0.15) is 22.8 Å². The molecule has 7 heteroatoms. The molecule has 0 aliphatic rings. The zero-order valence-corrected chi connectivity index (χ0v) is 16.3. The highest BCUT2D eigenvalue weighted by Crippen LogP contribution is 2.30. The number of rotatable bonds is 6. The van der Waals surface area contributed by atoms with Gasteiger partial charge in [0.05, 0.1) is 17.1 Å². The third-order valence-corrected chi connectivity index (χ3v) is 5.33. The monoisotopic (exact) mass is 380 g/mol. The molecule has 4 heterocycles. The number of nitrogens with zero attached hydrogens (tertiary/aromatic N) is 4. The molecule has 0 aliphatic heterocycles. The predicted molar refractivity (Wildman–Crippen MR) is 104 cm³/mol. The van der Waals surface area contributed by atoms with Crippen molar-refractivity contribution in [3.8, 4) is 22.0 Å². The van der Waals surface area contributed by atoms with Gasteiger partial charge in [0.25, 0.3) is 0 Å². The van der Waals surface area contributed by atoms with E-state index in [9.17, 15) is 0 Å². The van der Waals surface area contributed by atoms with Crippen molar-refractivity contribution in [1.82, 2.24) is 20.0 Å². The average molecular weight is 380 g/mol. The van der Waals surface area contributed by atoms with Crippen LogP contribution in [0.5, 0.6) is 0 Å². The maximum absolute atomic E-state index is 5.88. The summed E-state index contributed by atoms with van der Waals surface area (Å²) in [6.07, 6.45) is 3.49. The van der Waals surface area contributed by atoms with E-state index in [4.69, 9.17) is 13.9 Å². The van der Waals surface area contributed by atoms with Crippen molar-refractivity contribution >= 4 is 11.3 Å². The molecule has 4 aromatic heterocycles. The van der Waals surface area contributed by atoms with E-state index in [-0.39, 0.29) is 0 Å². The van der Waals surface area contributed by atoms with E-state index < -0.39 is 0 Å². The van der Waals surface area contributed by atoms with Gasteiger partial charge in [-0.25, -0.2) is 4.98 Å². The Hall–Kier alpha value is -2.77. The molecule has 0 saturated heterocycles. The van der Waals surface area contributed by atoms with E-state index in [1.165, 1.54) is 5.56 Å². The molecule has 0 aliphatic carbocycles. The van der Waals surface area contributed by atoms with Crippen LogP contribution in [0.25, 0.3) is 22.0 Å². The summed E-state index contributed by atoms with van der Waals surface area (Å²) in [6, 6.07) is 7.87. The summed E-state index contributed by atoms with van der Waals surface area (Å²) in [7, 11) is 2.03. The van der Waals surface area contributed by atoms with E-state index >= 15 is 0 Å². The highest BCUT2D eigenvalue weighted by Gasteiger charge is 2.16. The van der Waals surface area contributed by atoms with Gasteiger partial charge in [0.1, 0.15) is 11.5 Å². The first-order chi connectivity index (χ1) is 13.1. The van der Waals surface area contributed by atoms with Crippen LogP contribution in [-0.4, -0.2) is 27.1 Å². The second-order valence-corrected chi connectivity index (χ2v) is 7.46. The molecular formula is C20H20N4O2S. The van der Waals surface area contributed by atoms with Crippen LogP contribution in [0.2, 0.25) is 0 Å². The second kappa shape index (κ2) is 7.46. The molecule has 0 spiro atoms. The lowest BCUT2D eigenvalue weighted by Crippen LogP contribution is -2.17. The number of hydrogen-bond acceptors (Lipinski definition) is 7. The lowest BCUT2D eigenvalue weighted by Gasteiger charge is -2.12. The van der Waals surface area contributed by atoms with Gasteiger partial charge in [-0.15, -0.1) is 11.3 Å². The summed E-state index contributed by atoms with van der Waals surface area (Å²) in [6.45, 7) is 5.34. The van der Waals surface area contributed by atoms with Crippen LogP contribution in [0.4, 0.5) is 0 Å². The molecule has 0 amide bonds. The maximum Gasteiger partial charge on any atom is 0.237 e. The molecule has 0 saturated carbocycles. The lowest BCUT2D eigenvalue weighted by atomic mass is 10.2. The SMILES string of the molecule is Cc1ccsc1-c1nc(CN(C)Cc2cc(-c3ccncc3)no2)c(C)o1. The van der Waals surface area contributed by atoms with Crippen molar-refractivity contribution in [2.75, 3.05) is 7.05 Å². The molecule has 27 heavy (non-hydrogen) atoms. The highest BCUT2D eigenvalue weighted by atomic mass is 32.1. The van der Waals surface area contributed by atoms with Crippen molar-refractivity contribution in [3.63, 3.8) is 0 Å². The minimum Gasteiger partial charge on any atom is -0.440 e. The number of thiophene rings is 1. The van der Waals surface area contributed by atoms with E-state index in [1.807, 2.05) is 32.2 Å². The Balaban J connectivity index is 1.44. The van der Waals surface area contributed by atoms with Gasteiger partial charge in [-0.1, -0.05) is 5.16 Å². The Morgan fingerprint density at radius 3 is 2.67 bits per heavy atom. The van der Waals surface area contributed by atoms with Crippen LogP contribution in [0.15, 0.2) is 51.0 Å². The molecule has 0 N–H and O–H groups in total. The number of oxazole rings is 1. The molecule has 4 aromatic rings. The molecule has 138 valence electrons. The summed E-state index contributed by atoms with van der Waals surface area (Å²) in [5.41, 5.74) is 3.93. The largest absolute Gasteiger partial charge is 0.440 e. The van der Waals surface area contributed by atoms with E-state index in [2.05, 4.69) is 33.4 Å². The summed E-state index contributed by atoms with van der Waals surface area (Å²) in [4.78, 5) is 11.9. The van der Waals surface area contributed by atoms with Crippen LogP contribution in [-0.2, 0) is 13.1 Å². The zero-order valence-electron chi connectivity index (χ0n) is 15.5. The van der Waals surface area contributed by atoms with Crippen molar-refractivity contribution in [1.29, 1.82) is 0 Å². The normalized spacial score (nSPS) is 11.4. The molecule has 0 aromatic carbocycles. The second-order valence-electron chi connectivity index (χ2n) is 6.54. The first kappa shape index (κ1) is 17.6. The van der Waals surface area contributed by atoms with Gasteiger partial charge in [0, 0.05) is 30.6 Å². The summed E-state index contributed by atoms with van der Waals surface area (Å²) < 4.78 is 11.4. The molecule has 0 radical (unpaired) electrons. The number of aromatic nitrogens is 3. The molecule has 0 fully saturated rings. The van der Waals surface area contributed by atoms with Crippen molar-refractivity contribution in [2.45, 2.75) is 26.9 Å². The maximum atomic E-state index is 5.88. The van der Waals surface area contributed by atoms with E-state index in [0.29, 0.717) is 19.0 Å². The van der Waals surface area contributed by atoms with Crippen LogP contribution >= 0.6 is 11.3 Å². The van der Waals surface area contributed by atoms with Gasteiger partial charge in [-0.05, 0) is 50.0 Å². The number of hydrogen-bond donors (Lipinski definition) is 0. The summed E-state index contributed by atoms with van der Waals surface area (Å²) >= 11 is 1.65. The van der Waals surface area contributed by atoms with Gasteiger partial charge >= 0.3 is 0 Å². The molecule has 6 nitrogen and oxygen atoms in total. The molecule has 0 atom stereocenters. The molecule has 0 unspecified atom stereocenters. The van der Waals surface area contributed by atoms with Gasteiger partial charge in [0.2, 0.25) is 5.89 Å². The van der Waals surface area contributed by atoms with E-state index in [0.717, 1.165) is 33.3 Å². The Labute approximate surface area is 161 Å². The predicted octanol–water partition coefficient (Wildman–Crippen LogP) is 4.70. The van der Waals surface area contributed by atoms with Crippen LogP contribution in [0.3, 0.4) is 0 Å². The average Bonchev–Trinajstić information content (AvgIpc) is 3.37. The molecular weight excluding hydrogens is 360 g/mol. The van der Waals surface area contributed by atoms with Crippen molar-refractivity contribution in [3.05, 3.63) is 64.8 Å². The fraction of sp³-hybridized carbons (Fsp3) is 0.250. The third kappa shape index (κ3) is 3.84. The van der Waals surface area contributed by atoms with Crippen molar-refractivity contribution < 1.29 is 8.94 Å². The fourth-order valence-electron chi connectivity index (χ4n) is 2.89. The summed E-state index contributed by atoms with van der Waals surface area (Å²) in [5.74, 6) is 2.35. The number of pyridine rings is 1. The smallest absolute Gasteiger partial charge is 0.237 e. The van der Waals surface area contributed by atoms with Gasteiger partial charge < -0.3 is 8.94 Å². The first-order valence-electron chi connectivity index (χ1n) is 8.65. The topological polar surface area (TPSA) is 68.2 Å². The van der Waals surface area contributed by atoms with Crippen LogP contribution in [0, 0.1) is 13.8 Å². The van der Waals surface area contributed by atoms with Gasteiger partial charge in [0.15, 0.2) is 5.76 Å². The summed E-state index contributed by atoms with van der Waals surface area (Å²) in [5, 5.41) is 6.21. The quantitative estimate of drug-likeness (QED) is 0.483. The molecule has 0 bridgehead atoms. The van der Waals surface area contributed by atoms with E-state index in [1.54, 1.807) is 23.7 Å². The Morgan fingerprint density at radius 1 is 1.11 bits per heavy atom. The number of aryl methyl sites for hydroxylation is 2. The zero-order chi connectivity index (χ0) is 18.8. The minimum absolute atomic E-state index is 0.637. The standard InChI is InChI=1S/C20H20N4O2S/c1-13-6-9-27-19(13)20-22-18(14(2)25-20)12-24(3)11-16-10-17(23-26-16)15-4-7-21-8-5-15/h4-10H,11-12H2,1-3H3. The Kier molecular flexibility index (Phi) is 4.87. The molecule has 4 rings (SSSR count). The highest BCUT2D eigenvalue weighted by molar-refractivity contribution is 7.13. The fourth-order valence-corrected chi connectivity index (χ4v) is 3.74. The first-order valence-corrected chi connectivity index (χ1v) is 9.53. The van der Waals surface area contributed by atoms with Crippen molar-refractivity contribution in [2.24, 2.45) is 0 Å². The lowest BCUT2D eigenvalue weighted by molar-refractivity contribution is 0.264.